The summed E-state index contributed by atoms with van der Waals surface area (Å²) in [6.45, 7) is 13.8. The molecule has 0 aliphatic rings. The highest BCUT2D eigenvalue weighted by Crippen LogP contribution is 2.46. The van der Waals surface area contributed by atoms with Crippen LogP contribution in [0.2, 0.25) is 18.1 Å². The van der Waals surface area contributed by atoms with Crippen molar-refractivity contribution < 1.29 is 100 Å². The van der Waals surface area contributed by atoms with Crippen molar-refractivity contribution in [3.05, 3.63) is 238 Å². The van der Waals surface area contributed by atoms with Gasteiger partial charge in [0.25, 0.3) is 0 Å². The summed E-state index contributed by atoms with van der Waals surface area (Å²) in [5.74, 6) is 5.88. The molecule has 0 aliphatic heterocycles. The van der Waals surface area contributed by atoms with E-state index in [0.717, 1.165) is 49.7 Å². The molecule has 0 spiro atoms. The zero-order chi connectivity index (χ0) is 84.1. The van der Waals surface area contributed by atoms with Crippen molar-refractivity contribution in [2.24, 2.45) is 0 Å². The summed E-state index contributed by atoms with van der Waals surface area (Å²) < 4.78 is 87.6. The van der Waals surface area contributed by atoms with Crippen LogP contribution in [-0.4, -0.2) is 162 Å². The van der Waals surface area contributed by atoms with E-state index in [1.807, 2.05) is 54.7 Å². The quantitative estimate of drug-likeness (QED) is 0.0250. The van der Waals surface area contributed by atoms with Crippen LogP contribution in [0.4, 0.5) is 0 Å². The Morgan fingerprint density at radius 1 is 0.398 bits per heavy atom. The molecule has 118 heavy (non-hydrogen) atoms. The van der Waals surface area contributed by atoms with Gasteiger partial charge in [-0.25, -0.2) is 4.79 Å². The van der Waals surface area contributed by atoms with E-state index < -0.39 is 20.4 Å². The number of fused-ring (bicyclic) bond motifs is 4. The van der Waals surface area contributed by atoms with Crippen molar-refractivity contribution in [2.45, 2.75) is 92.7 Å². The highest BCUT2D eigenvalue weighted by atomic mass is 28.4. The van der Waals surface area contributed by atoms with E-state index in [1.54, 1.807) is 189 Å². The van der Waals surface area contributed by atoms with Gasteiger partial charge in [-0.15, -0.1) is 0 Å². The maximum Gasteiger partial charge on any atom is 0.340 e. The second-order valence-corrected chi connectivity index (χ2v) is 32.3. The summed E-state index contributed by atoms with van der Waals surface area (Å²) in [4.78, 5) is 56.8. The van der Waals surface area contributed by atoms with Gasteiger partial charge in [0, 0.05) is 93.8 Å². The topological polar surface area (TPSA) is 291 Å². The van der Waals surface area contributed by atoms with Crippen LogP contribution in [0.15, 0.2) is 170 Å². The van der Waals surface area contributed by atoms with Crippen molar-refractivity contribution in [3.8, 4) is 69.0 Å². The lowest BCUT2D eigenvalue weighted by atomic mass is 9.98. The number of aliphatic hydroxyl groups is 2. The Morgan fingerprint density at radius 2 is 0.737 bits per heavy atom. The molecule has 4 heterocycles. The van der Waals surface area contributed by atoms with E-state index >= 15 is 0 Å². The summed E-state index contributed by atoms with van der Waals surface area (Å²) >= 11 is 0. The van der Waals surface area contributed by atoms with E-state index in [-0.39, 0.29) is 62.0 Å². The number of nitrogens with zero attached hydrogens (tertiary/aromatic N) is 4. The van der Waals surface area contributed by atoms with Gasteiger partial charge in [0.15, 0.2) is 54.3 Å². The molecule has 2 unspecified atom stereocenters. The van der Waals surface area contributed by atoms with Gasteiger partial charge in [-0.1, -0.05) is 84.2 Å². The Balaban J connectivity index is 0.000000217. The average molecular weight is 1630 g/mol. The van der Waals surface area contributed by atoms with E-state index in [2.05, 4.69) is 54.9 Å². The van der Waals surface area contributed by atoms with Crippen molar-refractivity contribution in [1.29, 1.82) is 0 Å². The maximum absolute atomic E-state index is 13.2. The molecule has 0 amide bonds. The van der Waals surface area contributed by atoms with Crippen molar-refractivity contribution in [3.63, 3.8) is 0 Å². The number of carbonyl (C=O) groups excluding carboxylic acids is 3. The van der Waals surface area contributed by atoms with E-state index in [0.29, 0.717) is 132 Å². The van der Waals surface area contributed by atoms with Crippen LogP contribution in [0.3, 0.4) is 0 Å². The molecular weight excluding hydrogens is 1530 g/mol. The van der Waals surface area contributed by atoms with Crippen LogP contribution < -0.4 is 56.8 Å². The Hall–Kier alpha value is -12.2. The summed E-state index contributed by atoms with van der Waals surface area (Å²) in [6, 6.07) is 43.4. The van der Waals surface area contributed by atoms with Gasteiger partial charge >= 0.3 is 5.97 Å². The van der Waals surface area contributed by atoms with Gasteiger partial charge in [-0.2, -0.15) is 0 Å². The fourth-order valence-corrected chi connectivity index (χ4v) is 13.8. The zero-order valence-electron chi connectivity index (χ0n) is 69.1. The Kier molecular flexibility index (Phi) is 33.6. The number of aliphatic hydroxyl groups excluding tert-OH is 2. The molecule has 2 N–H and O–H groups in total. The minimum Gasteiger partial charge on any atom is -0.497 e. The summed E-state index contributed by atoms with van der Waals surface area (Å²) in [5, 5.41) is 26.4. The Bertz CT molecular complexity index is 5460. The first-order chi connectivity index (χ1) is 55.8. The van der Waals surface area contributed by atoms with Gasteiger partial charge in [-0.3, -0.25) is 29.5 Å². The van der Waals surface area contributed by atoms with Gasteiger partial charge in [0.05, 0.1) is 129 Å². The van der Waals surface area contributed by atoms with Crippen LogP contribution in [0.25, 0.3) is 43.1 Å². The number of ether oxygens (including phenoxy) is 15. The van der Waals surface area contributed by atoms with Gasteiger partial charge in [-0.05, 0) is 149 Å². The van der Waals surface area contributed by atoms with Gasteiger partial charge < -0.3 is 85.7 Å². The monoisotopic (exact) mass is 1630 g/mol. The Labute approximate surface area is 691 Å². The number of methoxy groups -OCH3 is 14. The highest BCUT2D eigenvalue weighted by Gasteiger charge is 2.41. The molecule has 0 bridgehead atoms. The number of aromatic nitrogens is 4. The molecular formula is C92H108N4O21Si. The number of ketones is 2. The van der Waals surface area contributed by atoms with Crippen molar-refractivity contribution >= 4 is 68.9 Å². The van der Waals surface area contributed by atoms with Crippen LogP contribution >= 0.6 is 0 Å². The summed E-state index contributed by atoms with van der Waals surface area (Å²) in [6.07, 6.45) is 5.10. The van der Waals surface area contributed by atoms with Gasteiger partial charge in [0.1, 0.15) is 46.6 Å². The average Bonchev–Trinajstić information content (AvgIpc) is 0.780. The predicted octanol–water partition coefficient (Wildman–Crippen LogP) is 17.9. The fourth-order valence-electron chi connectivity index (χ4n) is 12.6. The number of rotatable bonds is 29. The van der Waals surface area contributed by atoms with Crippen LogP contribution in [0.5, 0.6) is 69.0 Å². The normalized spacial score (nSPS) is 11.4. The third-order valence-corrected chi connectivity index (χ3v) is 24.2. The lowest BCUT2D eigenvalue weighted by Gasteiger charge is -2.39. The molecule has 4 aromatic heterocycles. The van der Waals surface area contributed by atoms with E-state index in [1.165, 1.54) is 27.5 Å². The van der Waals surface area contributed by atoms with Crippen LogP contribution in [-0.2, 0) is 38.5 Å². The number of esters is 1. The molecule has 626 valence electrons. The van der Waals surface area contributed by atoms with Crippen LogP contribution in [0.1, 0.15) is 136 Å². The molecule has 0 aliphatic carbocycles. The molecule has 26 heteroatoms. The second-order valence-electron chi connectivity index (χ2n) is 27.6. The number of carbonyl (C=O) groups is 3. The Morgan fingerprint density at radius 3 is 1.15 bits per heavy atom. The molecule has 12 rings (SSSR count). The second kappa shape index (κ2) is 42.6. The number of benzene rings is 8. The van der Waals surface area contributed by atoms with Crippen molar-refractivity contribution in [2.75, 3.05) is 106 Å². The minimum absolute atomic E-state index is 0. The van der Waals surface area contributed by atoms with E-state index in [9.17, 15) is 24.6 Å². The minimum atomic E-state index is -2.18. The first-order valence-electron chi connectivity index (χ1n) is 36.8. The maximum atomic E-state index is 13.2. The molecule has 0 fully saturated rings. The first kappa shape index (κ1) is 93.0. The number of pyridine rings is 4. The number of hydrogen-bond acceptors (Lipinski definition) is 25. The molecule has 0 saturated heterocycles. The lowest BCUT2D eigenvalue weighted by molar-refractivity contribution is 0.0527. The summed E-state index contributed by atoms with van der Waals surface area (Å²) in [5.41, 5.74) is 7.08. The standard InChI is InChI=1S/C27H37NO5Si.C22H21NO6.C21H21NO5.C20H21NO5.2CH4/c1-27(2,3)34(8,9)33-26(18-11-10-12-20(13-18)30-5)25-22-15-24(32-7)23(31-6)14-21(22)19(16-28-25)17-29-4;1-5-29-22(25)17-12-23-20(21(24)13-7-6-8-14(9-13)26-2)16-11-19(28-4)18(27-3)10-15(16)17;1-24-12-14-11-22-20(21(23)13-6-5-7-15(8-13)25-2)17-10-19(27-4)18(26-3)9-16(14)17;1-24-14-6-4-5-12(7-14)20(23)19-16-9-18(26-3)17(25-2)8-15(16)13(11-22)10-21-19;;/h10-16,26H,17H2,1-9H3;6-12H,5H2,1-4H3;5-11H,12H2,1-4H3;4-10,20,22-23H,11H2,1-3H3;2*1H4. The molecule has 12 aromatic rings. The third kappa shape index (κ3) is 21.0. The zero-order valence-corrected chi connectivity index (χ0v) is 70.1. The van der Waals surface area contributed by atoms with E-state index in [4.69, 9.17) is 80.5 Å². The molecule has 8 aromatic carbocycles. The largest absolute Gasteiger partial charge is 0.497 e. The first-order valence-corrected chi connectivity index (χ1v) is 39.7. The third-order valence-electron chi connectivity index (χ3n) is 19.8. The summed E-state index contributed by atoms with van der Waals surface area (Å²) in [7, 11) is 20.0. The molecule has 0 saturated carbocycles. The lowest BCUT2D eigenvalue weighted by Crippen LogP contribution is -2.42. The predicted molar refractivity (Wildman–Crippen MR) is 459 cm³/mol. The number of hydrogen-bond donors (Lipinski definition) is 2. The van der Waals surface area contributed by atoms with Crippen LogP contribution in [0, 0.1) is 0 Å². The highest BCUT2D eigenvalue weighted by molar-refractivity contribution is 6.74. The smallest absolute Gasteiger partial charge is 0.340 e. The fraction of sp³-hybridized carbons (Fsp3) is 0.315. The van der Waals surface area contributed by atoms with Crippen molar-refractivity contribution in [1.82, 2.24) is 19.9 Å². The van der Waals surface area contributed by atoms with Gasteiger partial charge in [0.2, 0.25) is 11.6 Å². The molecule has 2 atom stereocenters. The molecule has 25 nitrogen and oxygen atoms in total. The molecule has 0 radical (unpaired) electrons. The SMILES string of the molecule is C.C.CCOC(=O)c1cnc(C(=O)c2cccc(OC)c2)c2cc(OC)c(OC)cc12.COCc1cnc(C(=O)c2cccc(OC)c2)c2cc(OC)c(OC)cc12.COCc1cnc(C(O[Si](C)(C)C(C)(C)C)c2cccc(OC)c2)c2cc(OC)c(OC)cc12.COc1cccc(C(O)c2ncc(CO)c3cc(OC)c(OC)cc23)c1.